The van der Waals surface area contributed by atoms with Crippen LogP contribution in [-0.4, -0.2) is 0 Å². The van der Waals surface area contributed by atoms with E-state index in [4.69, 9.17) is 11.6 Å². The maximum atomic E-state index is 6.46. The summed E-state index contributed by atoms with van der Waals surface area (Å²) in [6.07, 6.45) is 2.32. The lowest BCUT2D eigenvalue weighted by molar-refractivity contribution is 0.920. The van der Waals surface area contributed by atoms with Crippen molar-refractivity contribution in [2.45, 2.75) is 25.1 Å². The summed E-state index contributed by atoms with van der Waals surface area (Å²) in [4.78, 5) is 1.18. The lowest BCUT2D eigenvalue weighted by Crippen LogP contribution is -1.91. The van der Waals surface area contributed by atoms with Crippen molar-refractivity contribution in [3.63, 3.8) is 0 Å². The van der Waals surface area contributed by atoms with Gasteiger partial charge in [-0.25, -0.2) is 0 Å². The third kappa shape index (κ3) is 3.34. The molecule has 0 fully saturated rings. The fraction of sp³-hybridized carbons (Fsp3) is 0.286. The first-order valence-corrected chi connectivity index (χ1v) is 7.73. The molecule has 0 saturated heterocycles. The normalized spacial score (nSPS) is 12.6. The Bertz CT molecular complexity index is 475. The lowest BCUT2D eigenvalue weighted by Gasteiger charge is -2.08. The first-order valence-electron chi connectivity index (χ1n) is 5.69. The quantitative estimate of drug-likeness (QED) is 0.623. The van der Waals surface area contributed by atoms with Crippen LogP contribution in [0.3, 0.4) is 0 Å². The minimum atomic E-state index is -0.0398. The van der Waals surface area contributed by atoms with E-state index in [0.717, 1.165) is 10.2 Å². The minimum absolute atomic E-state index is 0.0398. The fourth-order valence-electron chi connectivity index (χ4n) is 1.77. The number of benzene rings is 1. The number of halogens is 2. The van der Waals surface area contributed by atoms with E-state index < -0.39 is 0 Å². The van der Waals surface area contributed by atoms with Gasteiger partial charge in [0, 0.05) is 4.88 Å². The Morgan fingerprint density at radius 1 is 1.18 bits per heavy atom. The van der Waals surface area contributed by atoms with E-state index in [0.29, 0.717) is 0 Å². The molecule has 1 unspecified atom stereocenters. The van der Waals surface area contributed by atoms with Crippen LogP contribution in [-0.2, 0) is 6.42 Å². The van der Waals surface area contributed by atoms with Crippen molar-refractivity contribution in [2.75, 3.05) is 0 Å². The van der Waals surface area contributed by atoms with E-state index in [1.807, 2.05) is 6.07 Å². The Morgan fingerprint density at radius 2 is 1.88 bits per heavy atom. The topological polar surface area (TPSA) is 0 Å². The third-order valence-electron chi connectivity index (χ3n) is 2.65. The summed E-state index contributed by atoms with van der Waals surface area (Å²) >= 11 is 11.6. The predicted octanol–water partition coefficient (Wildman–Crippen LogP) is 5.79. The van der Waals surface area contributed by atoms with Crippen molar-refractivity contribution in [3.8, 4) is 0 Å². The molecule has 0 radical (unpaired) electrons. The smallest absolute Gasteiger partial charge is 0.0928 e. The average Bonchev–Trinajstić information content (AvgIpc) is 2.76. The van der Waals surface area contributed by atoms with Gasteiger partial charge >= 0.3 is 0 Å². The summed E-state index contributed by atoms with van der Waals surface area (Å²) in [6, 6.07) is 12.7. The van der Waals surface area contributed by atoms with Crippen molar-refractivity contribution < 1.29 is 0 Å². The molecule has 2 aromatic rings. The Hall–Kier alpha value is -0.310. The average molecular weight is 330 g/mol. The van der Waals surface area contributed by atoms with Gasteiger partial charge in [-0.3, -0.25) is 0 Å². The number of rotatable bonds is 4. The van der Waals surface area contributed by atoms with Crippen molar-refractivity contribution in [1.29, 1.82) is 0 Å². The zero-order valence-corrected chi connectivity index (χ0v) is 12.8. The van der Waals surface area contributed by atoms with Gasteiger partial charge < -0.3 is 0 Å². The molecule has 1 atom stereocenters. The van der Waals surface area contributed by atoms with Crippen LogP contribution in [0.25, 0.3) is 0 Å². The molecule has 1 aromatic carbocycles. The first-order chi connectivity index (χ1) is 8.20. The standard InChI is InChI=1S/C14H14BrClS/c1-2-3-10-4-6-11(7-5-10)14(16)12-8-9-13(15)17-12/h4-9,14H,2-3H2,1H3. The molecular formula is C14H14BrClS. The minimum Gasteiger partial charge on any atom is -0.131 e. The second kappa shape index (κ2) is 6.03. The van der Waals surface area contributed by atoms with Gasteiger partial charge in [-0.05, 0) is 45.6 Å². The van der Waals surface area contributed by atoms with E-state index in [2.05, 4.69) is 53.2 Å². The van der Waals surface area contributed by atoms with Crippen LogP contribution in [0.2, 0.25) is 0 Å². The molecule has 3 heteroatoms. The molecule has 0 nitrogen and oxygen atoms in total. The van der Waals surface area contributed by atoms with Crippen molar-refractivity contribution in [1.82, 2.24) is 0 Å². The Labute approximate surface area is 120 Å². The summed E-state index contributed by atoms with van der Waals surface area (Å²) in [7, 11) is 0. The molecule has 17 heavy (non-hydrogen) atoms. The molecule has 0 saturated carbocycles. The molecule has 0 aliphatic rings. The molecule has 1 heterocycles. The summed E-state index contributed by atoms with van der Waals surface area (Å²) in [5, 5.41) is -0.0398. The molecular weight excluding hydrogens is 316 g/mol. The summed E-state index contributed by atoms with van der Waals surface area (Å²) in [5.74, 6) is 0. The van der Waals surface area contributed by atoms with E-state index in [1.54, 1.807) is 11.3 Å². The monoisotopic (exact) mass is 328 g/mol. The number of hydrogen-bond acceptors (Lipinski definition) is 1. The van der Waals surface area contributed by atoms with Crippen LogP contribution >= 0.6 is 38.9 Å². The van der Waals surface area contributed by atoms with Gasteiger partial charge in [-0.15, -0.1) is 22.9 Å². The van der Waals surface area contributed by atoms with Crippen LogP contribution in [0.15, 0.2) is 40.2 Å². The molecule has 0 aliphatic carbocycles. The summed E-state index contributed by atoms with van der Waals surface area (Å²) in [6.45, 7) is 2.20. The van der Waals surface area contributed by atoms with Crippen LogP contribution in [0.5, 0.6) is 0 Å². The van der Waals surface area contributed by atoms with Crippen LogP contribution in [0, 0.1) is 0 Å². The highest BCUT2D eigenvalue weighted by Gasteiger charge is 2.12. The molecule has 0 N–H and O–H groups in total. The maximum absolute atomic E-state index is 6.46. The highest BCUT2D eigenvalue weighted by Crippen LogP contribution is 2.35. The predicted molar refractivity (Wildman–Crippen MR) is 80.2 cm³/mol. The van der Waals surface area contributed by atoms with E-state index >= 15 is 0 Å². The largest absolute Gasteiger partial charge is 0.131 e. The zero-order valence-electron chi connectivity index (χ0n) is 9.62. The van der Waals surface area contributed by atoms with Gasteiger partial charge in [-0.1, -0.05) is 37.6 Å². The van der Waals surface area contributed by atoms with Gasteiger partial charge in [0.1, 0.15) is 0 Å². The maximum Gasteiger partial charge on any atom is 0.0928 e. The number of hydrogen-bond donors (Lipinski definition) is 0. The molecule has 90 valence electrons. The van der Waals surface area contributed by atoms with E-state index in [9.17, 15) is 0 Å². The summed E-state index contributed by atoms with van der Waals surface area (Å²) in [5.41, 5.74) is 2.55. The van der Waals surface area contributed by atoms with Crippen LogP contribution in [0.1, 0.15) is 34.7 Å². The molecule has 0 bridgehead atoms. The second-order valence-corrected chi connectivity index (χ2v) is 6.93. The molecule has 0 spiro atoms. The van der Waals surface area contributed by atoms with E-state index in [1.165, 1.54) is 22.4 Å². The highest BCUT2D eigenvalue weighted by atomic mass is 79.9. The van der Waals surface area contributed by atoms with Gasteiger partial charge in [-0.2, -0.15) is 0 Å². The fourth-order valence-corrected chi connectivity index (χ4v) is 3.55. The summed E-state index contributed by atoms with van der Waals surface area (Å²) < 4.78 is 1.13. The molecule has 0 aliphatic heterocycles. The highest BCUT2D eigenvalue weighted by molar-refractivity contribution is 9.11. The Kier molecular flexibility index (Phi) is 4.66. The van der Waals surface area contributed by atoms with Gasteiger partial charge in [0.2, 0.25) is 0 Å². The third-order valence-corrected chi connectivity index (χ3v) is 4.96. The lowest BCUT2D eigenvalue weighted by atomic mass is 10.1. The first kappa shape index (κ1) is 13.1. The van der Waals surface area contributed by atoms with Gasteiger partial charge in [0.25, 0.3) is 0 Å². The molecule has 0 amide bonds. The molecule has 1 aromatic heterocycles. The van der Waals surface area contributed by atoms with Crippen LogP contribution in [0.4, 0.5) is 0 Å². The Balaban J connectivity index is 2.16. The zero-order chi connectivity index (χ0) is 12.3. The SMILES string of the molecule is CCCc1ccc(C(Cl)c2ccc(Br)s2)cc1. The van der Waals surface area contributed by atoms with Gasteiger partial charge in [0.05, 0.1) is 9.16 Å². The Morgan fingerprint density at radius 3 is 2.41 bits per heavy atom. The van der Waals surface area contributed by atoms with Crippen molar-refractivity contribution in [2.24, 2.45) is 0 Å². The molecule has 2 rings (SSSR count). The number of alkyl halides is 1. The van der Waals surface area contributed by atoms with Crippen molar-refractivity contribution in [3.05, 3.63) is 56.2 Å². The van der Waals surface area contributed by atoms with Gasteiger partial charge in [0.15, 0.2) is 0 Å². The van der Waals surface area contributed by atoms with Crippen molar-refractivity contribution >= 4 is 38.9 Å². The number of aryl methyl sites for hydroxylation is 1. The van der Waals surface area contributed by atoms with E-state index in [-0.39, 0.29) is 5.38 Å². The van der Waals surface area contributed by atoms with Crippen LogP contribution < -0.4 is 0 Å². The second-order valence-electron chi connectivity index (χ2n) is 4.00. The number of thiophene rings is 1.